The number of anilines is 2. The molecule has 3 aromatic rings. The highest BCUT2D eigenvalue weighted by Crippen LogP contribution is 2.25. The highest BCUT2D eigenvalue weighted by Gasteiger charge is 2.16. The molecule has 0 radical (unpaired) electrons. The van der Waals surface area contributed by atoms with Crippen LogP contribution in [0.2, 0.25) is 0 Å². The summed E-state index contributed by atoms with van der Waals surface area (Å²) in [5.74, 6) is 0.303. The maximum absolute atomic E-state index is 13.0. The minimum absolute atomic E-state index is 0.196. The number of benzene rings is 1. The zero-order valence-electron chi connectivity index (χ0n) is 19.1. The zero-order chi connectivity index (χ0) is 22.7. The Morgan fingerprint density at radius 3 is 2.75 bits per heavy atom. The molecule has 0 saturated carbocycles. The van der Waals surface area contributed by atoms with Crippen LogP contribution in [0, 0.1) is 13.8 Å². The van der Waals surface area contributed by atoms with E-state index in [1.165, 1.54) is 5.56 Å². The lowest BCUT2D eigenvalue weighted by atomic mass is 10.1. The van der Waals surface area contributed by atoms with Gasteiger partial charge in [-0.05, 0) is 37.6 Å². The minimum atomic E-state index is -0.308. The molecule has 32 heavy (non-hydrogen) atoms. The Labute approximate surface area is 187 Å². The second-order valence-electron chi connectivity index (χ2n) is 8.18. The predicted molar refractivity (Wildman–Crippen MR) is 125 cm³/mol. The maximum atomic E-state index is 13.0. The van der Waals surface area contributed by atoms with E-state index < -0.39 is 0 Å². The fraction of sp³-hybridized carbons (Fsp3) is 0.435. The van der Waals surface area contributed by atoms with Gasteiger partial charge in [-0.1, -0.05) is 0 Å². The molecule has 170 valence electrons. The van der Waals surface area contributed by atoms with Crippen LogP contribution in [-0.4, -0.2) is 79.3 Å². The lowest BCUT2D eigenvalue weighted by Crippen LogP contribution is -2.38. The van der Waals surface area contributed by atoms with Crippen molar-refractivity contribution in [2.45, 2.75) is 13.8 Å². The number of H-pyrrole nitrogens is 1. The molecular formula is C23H30N6O3. The first-order valence-corrected chi connectivity index (χ1v) is 10.8. The molecule has 2 N–H and O–H groups in total. The molecule has 4 rings (SSSR count). The van der Waals surface area contributed by atoms with Gasteiger partial charge in [-0.25, -0.2) is 0 Å². The molecule has 9 nitrogen and oxygen atoms in total. The number of carbonyl (C=O) groups is 1. The van der Waals surface area contributed by atoms with Gasteiger partial charge in [0.25, 0.3) is 5.91 Å². The predicted octanol–water partition coefficient (Wildman–Crippen LogP) is 2.60. The number of morpholine rings is 1. The van der Waals surface area contributed by atoms with E-state index in [2.05, 4.69) is 32.1 Å². The van der Waals surface area contributed by atoms with Gasteiger partial charge in [0.2, 0.25) is 0 Å². The molecule has 1 aliphatic rings. The summed E-state index contributed by atoms with van der Waals surface area (Å²) in [6.45, 7) is 8.57. The molecule has 1 saturated heterocycles. The summed E-state index contributed by atoms with van der Waals surface area (Å²) in [5.41, 5.74) is 4.31. The standard InChI is InChI=1S/C23H30N6O3/c1-15-16(2)24-19-6-5-17(13-18(15)19)25-22(30)20-14-21(28(3)4)27-23(26-20)32-12-9-29-7-10-31-11-8-29/h5-6,13-14,24H,7-12H2,1-4H3,(H,25,30). The summed E-state index contributed by atoms with van der Waals surface area (Å²) >= 11 is 0. The fourth-order valence-corrected chi connectivity index (χ4v) is 3.65. The molecule has 0 unspecified atom stereocenters. The third kappa shape index (κ3) is 5.00. The maximum Gasteiger partial charge on any atom is 0.319 e. The molecular weight excluding hydrogens is 408 g/mol. The van der Waals surface area contributed by atoms with E-state index in [1.807, 2.05) is 44.1 Å². The van der Waals surface area contributed by atoms with Crippen molar-refractivity contribution in [2.24, 2.45) is 0 Å². The van der Waals surface area contributed by atoms with Crippen molar-refractivity contribution in [1.29, 1.82) is 0 Å². The summed E-state index contributed by atoms with van der Waals surface area (Å²) in [6.07, 6.45) is 0. The first-order valence-electron chi connectivity index (χ1n) is 10.8. The van der Waals surface area contributed by atoms with Crippen LogP contribution in [0.15, 0.2) is 24.3 Å². The first kappa shape index (κ1) is 22.0. The van der Waals surface area contributed by atoms with Gasteiger partial charge in [0.15, 0.2) is 0 Å². The van der Waals surface area contributed by atoms with E-state index in [-0.39, 0.29) is 17.6 Å². The van der Waals surface area contributed by atoms with Crippen molar-refractivity contribution in [2.75, 3.05) is 63.8 Å². The molecule has 0 atom stereocenters. The first-order chi connectivity index (χ1) is 15.4. The number of hydrogen-bond acceptors (Lipinski definition) is 7. The average molecular weight is 439 g/mol. The van der Waals surface area contributed by atoms with E-state index in [0.717, 1.165) is 49.4 Å². The molecule has 0 bridgehead atoms. The molecule has 1 aliphatic heterocycles. The molecule has 1 aromatic carbocycles. The van der Waals surface area contributed by atoms with Crippen LogP contribution >= 0.6 is 0 Å². The number of nitrogens with zero attached hydrogens (tertiary/aromatic N) is 4. The number of aryl methyl sites for hydroxylation is 2. The number of hydrogen-bond donors (Lipinski definition) is 2. The van der Waals surface area contributed by atoms with E-state index >= 15 is 0 Å². The SMILES string of the molecule is Cc1[nH]c2ccc(NC(=O)c3cc(N(C)C)nc(OCCN4CCOCC4)n3)cc2c1C. The van der Waals surface area contributed by atoms with Gasteiger partial charge >= 0.3 is 6.01 Å². The van der Waals surface area contributed by atoms with Crippen LogP contribution in [0.4, 0.5) is 11.5 Å². The van der Waals surface area contributed by atoms with Crippen LogP contribution < -0.4 is 15.0 Å². The third-order valence-electron chi connectivity index (χ3n) is 5.69. The topological polar surface area (TPSA) is 95.6 Å². The Bertz CT molecular complexity index is 1100. The van der Waals surface area contributed by atoms with Gasteiger partial charge in [-0.2, -0.15) is 9.97 Å². The number of aromatic nitrogens is 3. The Hall–Kier alpha value is -3.17. The molecule has 9 heteroatoms. The van der Waals surface area contributed by atoms with Gasteiger partial charge < -0.3 is 24.7 Å². The number of aromatic amines is 1. The second-order valence-corrected chi connectivity index (χ2v) is 8.18. The minimum Gasteiger partial charge on any atom is -0.462 e. The lowest BCUT2D eigenvalue weighted by Gasteiger charge is -2.26. The Balaban J connectivity index is 1.48. The molecule has 2 aromatic heterocycles. The number of fused-ring (bicyclic) bond motifs is 1. The van der Waals surface area contributed by atoms with Crippen LogP contribution in [0.1, 0.15) is 21.7 Å². The molecule has 1 amide bonds. The van der Waals surface area contributed by atoms with E-state index in [1.54, 1.807) is 6.07 Å². The van der Waals surface area contributed by atoms with Crippen LogP contribution in [-0.2, 0) is 4.74 Å². The molecule has 0 aliphatic carbocycles. The van der Waals surface area contributed by atoms with Crippen molar-refractivity contribution in [1.82, 2.24) is 19.9 Å². The van der Waals surface area contributed by atoms with Crippen LogP contribution in [0.3, 0.4) is 0 Å². The largest absolute Gasteiger partial charge is 0.462 e. The Morgan fingerprint density at radius 2 is 2.00 bits per heavy atom. The van der Waals surface area contributed by atoms with E-state index in [9.17, 15) is 4.79 Å². The third-order valence-corrected chi connectivity index (χ3v) is 5.69. The van der Waals surface area contributed by atoms with Crippen molar-refractivity contribution < 1.29 is 14.3 Å². The van der Waals surface area contributed by atoms with Crippen molar-refractivity contribution >= 4 is 28.3 Å². The summed E-state index contributed by atoms with van der Waals surface area (Å²) in [6, 6.07) is 7.68. The van der Waals surface area contributed by atoms with Crippen molar-refractivity contribution in [3.05, 3.63) is 41.2 Å². The van der Waals surface area contributed by atoms with Gasteiger partial charge in [-0.15, -0.1) is 0 Å². The monoisotopic (exact) mass is 438 g/mol. The van der Waals surface area contributed by atoms with Gasteiger partial charge in [0.1, 0.15) is 18.1 Å². The second kappa shape index (κ2) is 9.54. The number of rotatable bonds is 7. The number of carbonyl (C=O) groups excluding carboxylic acids is 1. The van der Waals surface area contributed by atoms with Crippen molar-refractivity contribution in [3.63, 3.8) is 0 Å². The molecule has 0 spiro atoms. The quantitative estimate of drug-likeness (QED) is 0.585. The number of nitrogens with one attached hydrogen (secondary N) is 2. The lowest BCUT2D eigenvalue weighted by molar-refractivity contribution is 0.0317. The van der Waals surface area contributed by atoms with Gasteiger partial charge in [0.05, 0.1) is 13.2 Å². The Kier molecular flexibility index (Phi) is 6.57. The highest BCUT2D eigenvalue weighted by molar-refractivity contribution is 6.04. The molecule has 1 fully saturated rings. The fourth-order valence-electron chi connectivity index (χ4n) is 3.65. The van der Waals surface area contributed by atoms with E-state index in [0.29, 0.717) is 18.1 Å². The summed E-state index contributed by atoms with van der Waals surface area (Å²) in [5, 5.41) is 4.04. The Morgan fingerprint density at radius 1 is 1.22 bits per heavy atom. The summed E-state index contributed by atoms with van der Waals surface area (Å²) < 4.78 is 11.2. The normalized spacial score (nSPS) is 14.5. The highest BCUT2D eigenvalue weighted by atomic mass is 16.5. The zero-order valence-corrected chi connectivity index (χ0v) is 19.1. The van der Waals surface area contributed by atoms with Crippen molar-refractivity contribution in [3.8, 4) is 6.01 Å². The van der Waals surface area contributed by atoms with Crippen LogP contribution in [0.5, 0.6) is 6.01 Å². The number of ether oxygens (including phenoxy) is 2. The summed E-state index contributed by atoms with van der Waals surface area (Å²) in [4.78, 5) is 29.2. The van der Waals surface area contributed by atoms with Crippen LogP contribution in [0.25, 0.3) is 10.9 Å². The summed E-state index contributed by atoms with van der Waals surface area (Å²) in [7, 11) is 3.74. The molecule has 3 heterocycles. The average Bonchev–Trinajstić information content (AvgIpc) is 3.07. The van der Waals surface area contributed by atoms with E-state index in [4.69, 9.17) is 9.47 Å². The van der Waals surface area contributed by atoms with Gasteiger partial charge in [-0.3, -0.25) is 9.69 Å². The number of amides is 1. The van der Waals surface area contributed by atoms with Gasteiger partial charge in [0, 0.05) is 62.1 Å². The smallest absolute Gasteiger partial charge is 0.319 e.